The molecule has 0 saturated carbocycles. The Morgan fingerprint density at radius 3 is 2.20 bits per heavy atom. The molecule has 1 saturated heterocycles. The molecule has 1 aliphatic rings. The maximum absolute atomic E-state index is 12.4. The van der Waals surface area contributed by atoms with Gasteiger partial charge < -0.3 is 19.1 Å². The van der Waals surface area contributed by atoms with Gasteiger partial charge in [0, 0.05) is 25.2 Å². The summed E-state index contributed by atoms with van der Waals surface area (Å²) in [6.45, 7) is 3.80. The summed E-state index contributed by atoms with van der Waals surface area (Å²) in [6, 6.07) is 3.51. The van der Waals surface area contributed by atoms with Crippen LogP contribution in [0.5, 0.6) is 11.5 Å². The van der Waals surface area contributed by atoms with E-state index in [2.05, 4.69) is 9.88 Å². The number of carbonyl (C=O) groups excluding carboxylic acids is 1. The van der Waals surface area contributed by atoms with Crippen molar-refractivity contribution >= 4 is 22.8 Å². The van der Waals surface area contributed by atoms with E-state index in [-0.39, 0.29) is 5.69 Å². The van der Waals surface area contributed by atoms with Crippen LogP contribution in [0, 0.1) is 0 Å². The molecular formula is C18H23N3O4. The SMILES string of the molecule is CCOC(=O)c1nc2cc(OC)c(OC)cc2nc1N1CCCCC1. The zero-order chi connectivity index (χ0) is 17.8. The van der Waals surface area contributed by atoms with Crippen LogP contribution in [-0.4, -0.2) is 49.9 Å². The van der Waals surface area contributed by atoms with Gasteiger partial charge in [0.15, 0.2) is 23.0 Å². The predicted octanol–water partition coefficient (Wildman–Crippen LogP) is 2.81. The highest BCUT2D eigenvalue weighted by Gasteiger charge is 2.24. The molecule has 7 nitrogen and oxygen atoms in total. The van der Waals surface area contributed by atoms with Crippen molar-refractivity contribution in [3.05, 3.63) is 17.8 Å². The number of benzene rings is 1. The lowest BCUT2D eigenvalue weighted by atomic mass is 10.1. The number of ether oxygens (including phenoxy) is 3. The molecule has 1 aromatic heterocycles. The zero-order valence-electron chi connectivity index (χ0n) is 14.9. The summed E-state index contributed by atoms with van der Waals surface area (Å²) in [5.74, 6) is 1.26. The number of hydrogen-bond donors (Lipinski definition) is 0. The van der Waals surface area contributed by atoms with Gasteiger partial charge in [-0.2, -0.15) is 0 Å². The van der Waals surface area contributed by atoms with Crippen LogP contribution in [0.2, 0.25) is 0 Å². The fourth-order valence-corrected chi connectivity index (χ4v) is 3.04. The van der Waals surface area contributed by atoms with Gasteiger partial charge in [0.2, 0.25) is 0 Å². The largest absolute Gasteiger partial charge is 0.493 e. The Kier molecular flexibility index (Phi) is 5.21. The molecule has 0 amide bonds. The Bertz CT molecular complexity index is 772. The van der Waals surface area contributed by atoms with E-state index in [0.717, 1.165) is 25.9 Å². The smallest absolute Gasteiger partial charge is 0.360 e. The molecule has 0 radical (unpaired) electrons. The van der Waals surface area contributed by atoms with Gasteiger partial charge in [-0.25, -0.2) is 14.8 Å². The van der Waals surface area contributed by atoms with Crippen molar-refractivity contribution < 1.29 is 19.0 Å². The molecule has 0 atom stereocenters. The Labute approximate surface area is 146 Å². The van der Waals surface area contributed by atoms with E-state index in [9.17, 15) is 4.79 Å². The lowest BCUT2D eigenvalue weighted by molar-refractivity contribution is 0.0520. The van der Waals surface area contributed by atoms with Crippen molar-refractivity contribution in [1.82, 2.24) is 9.97 Å². The Morgan fingerprint density at radius 2 is 1.64 bits per heavy atom. The van der Waals surface area contributed by atoms with Gasteiger partial charge in [-0.3, -0.25) is 0 Å². The third-order valence-corrected chi connectivity index (χ3v) is 4.28. The number of hydrogen-bond acceptors (Lipinski definition) is 7. The van der Waals surface area contributed by atoms with Crippen LogP contribution >= 0.6 is 0 Å². The van der Waals surface area contributed by atoms with Gasteiger partial charge in [0.25, 0.3) is 0 Å². The first-order chi connectivity index (χ1) is 12.2. The molecule has 7 heteroatoms. The van der Waals surface area contributed by atoms with Crippen LogP contribution in [0.25, 0.3) is 11.0 Å². The lowest BCUT2D eigenvalue weighted by Gasteiger charge is -2.28. The molecule has 0 bridgehead atoms. The second-order valence-electron chi connectivity index (χ2n) is 5.86. The highest BCUT2D eigenvalue weighted by molar-refractivity contribution is 5.96. The first-order valence-electron chi connectivity index (χ1n) is 8.53. The number of fused-ring (bicyclic) bond motifs is 1. The predicted molar refractivity (Wildman–Crippen MR) is 94.7 cm³/mol. The number of methoxy groups -OCH3 is 2. The number of piperidine rings is 1. The van der Waals surface area contributed by atoms with Crippen molar-refractivity contribution in [2.75, 3.05) is 38.8 Å². The summed E-state index contributed by atoms with van der Waals surface area (Å²) in [5.41, 5.74) is 1.48. The topological polar surface area (TPSA) is 73.8 Å². The first kappa shape index (κ1) is 17.3. The minimum absolute atomic E-state index is 0.253. The number of rotatable bonds is 5. The fraction of sp³-hybridized carbons (Fsp3) is 0.500. The van der Waals surface area contributed by atoms with E-state index >= 15 is 0 Å². The van der Waals surface area contributed by atoms with Crippen molar-refractivity contribution in [3.63, 3.8) is 0 Å². The van der Waals surface area contributed by atoms with Crippen LogP contribution in [0.15, 0.2) is 12.1 Å². The van der Waals surface area contributed by atoms with Gasteiger partial charge in [-0.15, -0.1) is 0 Å². The number of esters is 1. The molecule has 1 fully saturated rings. The second kappa shape index (κ2) is 7.55. The Hall–Kier alpha value is -2.57. The standard InChI is InChI=1S/C18H23N3O4/c1-4-25-18(22)16-17(21-8-6-5-7-9-21)20-13-11-15(24-3)14(23-2)10-12(13)19-16/h10-11H,4-9H2,1-3H3. The van der Waals surface area contributed by atoms with Gasteiger partial charge in [-0.05, 0) is 26.2 Å². The zero-order valence-corrected chi connectivity index (χ0v) is 14.9. The molecule has 3 rings (SSSR count). The van der Waals surface area contributed by atoms with E-state index in [1.165, 1.54) is 6.42 Å². The highest BCUT2D eigenvalue weighted by atomic mass is 16.5. The molecule has 0 spiro atoms. The Morgan fingerprint density at radius 1 is 1.04 bits per heavy atom. The molecule has 1 aromatic carbocycles. The first-order valence-corrected chi connectivity index (χ1v) is 8.53. The molecule has 2 heterocycles. The van der Waals surface area contributed by atoms with Crippen molar-refractivity contribution in [2.24, 2.45) is 0 Å². The van der Waals surface area contributed by atoms with Gasteiger partial charge >= 0.3 is 5.97 Å². The van der Waals surface area contributed by atoms with Crippen molar-refractivity contribution in [3.8, 4) is 11.5 Å². The summed E-state index contributed by atoms with van der Waals surface area (Å²) in [6.07, 6.45) is 3.35. The van der Waals surface area contributed by atoms with E-state index < -0.39 is 5.97 Å². The monoisotopic (exact) mass is 345 g/mol. The minimum atomic E-state index is -0.452. The molecule has 0 aliphatic carbocycles. The highest BCUT2D eigenvalue weighted by Crippen LogP contribution is 2.33. The molecule has 25 heavy (non-hydrogen) atoms. The van der Waals surface area contributed by atoms with Crippen LogP contribution in [-0.2, 0) is 4.74 Å². The van der Waals surface area contributed by atoms with Crippen molar-refractivity contribution in [1.29, 1.82) is 0 Å². The minimum Gasteiger partial charge on any atom is -0.493 e. The average Bonchev–Trinajstić information content (AvgIpc) is 2.66. The van der Waals surface area contributed by atoms with Crippen LogP contribution in [0.3, 0.4) is 0 Å². The summed E-state index contributed by atoms with van der Waals surface area (Å²) >= 11 is 0. The third kappa shape index (κ3) is 3.45. The summed E-state index contributed by atoms with van der Waals surface area (Å²) in [4.78, 5) is 23.8. The molecule has 134 valence electrons. The maximum Gasteiger partial charge on any atom is 0.360 e. The number of aromatic nitrogens is 2. The van der Waals surface area contributed by atoms with Crippen LogP contribution in [0.1, 0.15) is 36.7 Å². The van der Waals surface area contributed by atoms with Crippen LogP contribution < -0.4 is 14.4 Å². The summed E-state index contributed by atoms with van der Waals surface area (Å²) in [7, 11) is 3.14. The van der Waals surface area contributed by atoms with Gasteiger partial charge in [0.1, 0.15) is 0 Å². The Balaban J connectivity index is 2.15. The molecule has 2 aromatic rings. The van der Waals surface area contributed by atoms with Gasteiger partial charge in [0.05, 0.1) is 31.9 Å². The van der Waals surface area contributed by atoms with E-state index in [1.807, 2.05) is 0 Å². The number of anilines is 1. The number of carbonyl (C=O) groups is 1. The quantitative estimate of drug-likeness (QED) is 0.771. The number of nitrogens with zero attached hydrogens (tertiary/aromatic N) is 3. The molecule has 1 aliphatic heterocycles. The second-order valence-corrected chi connectivity index (χ2v) is 5.86. The van der Waals surface area contributed by atoms with E-state index in [0.29, 0.717) is 35.0 Å². The van der Waals surface area contributed by atoms with Gasteiger partial charge in [-0.1, -0.05) is 0 Å². The van der Waals surface area contributed by atoms with E-state index in [1.54, 1.807) is 33.3 Å². The molecule has 0 N–H and O–H groups in total. The normalized spacial score (nSPS) is 14.4. The van der Waals surface area contributed by atoms with Crippen LogP contribution in [0.4, 0.5) is 5.82 Å². The molecule has 0 unspecified atom stereocenters. The molecular weight excluding hydrogens is 322 g/mol. The lowest BCUT2D eigenvalue weighted by Crippen LogP contribution is -2.32. The third-order valence-electron chi connectivity index (χ3n) is 4.28. The average molecular weight is 345 g/mol. The fourth-order valence-electron chi connectivity index (χ4n) is 3.04. The van der Waals surface area contributed by atoms with E-state index in [4.69, 9.17) is 19.2 Å². The van der Waals surface area contributed by atoms with Crippen molar-refractivity contribution in [2.45, 2.75) is 26.2 Å². The summed E-state index contributed by atoms with van der Waals surface area (Å²) in [5, 5.41) is 0. The summed E-state index contributed by atoms with van der Waals surface area (Å²) < 4.78 is 15.9. The maximum atomic E-state index is 12.4.